The average Bonchev–Trinajstić information content (AvgIpc) is 2.36. The maximum atomic E-state index is 11.3. The number of likely N-dealkylation sites (N-methyl/N-ethyl adjacent to an activating group) is 1. The molecule has 0 saturated carbocycles. The van der Waals surface area contributed by atoms with Crippen LogP contribution >= 0.6 is 0 Å². The number of hydrogen-bond donors (Lipinski definition) is 1. The van der Waals surface area contributed by atoms with Gasteiger partial charge in [-0.15, -0.1) is 0 Å². The molecular weight excluding hydrogens is 248 g/mol. The van der Waals surface area contributed by atoms with Crippen LogP contribution in [0, 0.1) is 0 Å². The van der Waals surface area contributed by atoms with Crippen LogP contribution in [0.25, 0.3) is 0 Å². The molecule has 1 rings (SSSR count). The molecule has 0 aromatic heterocycles. The van der Waals surface area contributed by atoms with Crippen LogP contribution < -0.4 is 10.5 Å². The first-order valence-electron chi connectivity index (χ1n) is 5.83. The van der Waals surface area contributed by atoms with Gasteiger partial charge in [-0.3, -0.25) is 9.59 Å². The van der Waals surface area contributed by atoms with Crippen LogP contribution in [0.1, 0.15) is 6.42 Å². The van der Waals surface area contributed by atoms with Gasteiger partial charge in [0.15, 0.2) is 6.61 Å². The molecule has 0 radical (unpaired) electrons. The summed E-state index contributed by atoms with van der Waals surface area (Å²) in [5, 5.41) is 0. The minimum Gasteiger partial charge on any atom is -0.493 e. The molecule has 0 aliphatic heterocycles. The van der Waals surface area contributed by atoms with E-state index in [4.69, 9.17) is 15.2 Å². The monoisotopic (exact) mass is 266 g/mol. The number of carbonyl (C=O) groups excluding carboxylic acids is 2. The lowest BCUT2D eigenvalue weighted by Crippen LogP contribution is -2.27. The molecule has 1 aromatic rings. The van der Waals surface area contributed by atoms with Gasteiger partial charge in [0, 0.05) is 25.8 Å². The second kappa shape index (κ2) is 7.25. The molecule has 0 fully saturated rings. The molecule has 6 nitrogen and oxygen atoms in total. The van der Waals surface area contributed by atoms with E-state index in [1.165, 1.54) is 4.90 Å². The van der Waals surface area contributed by atoms with Crippen molar-refractivity contribution in [3.63, 3.8) is 0 Å². The highest BCUT2D eigenvalue weighted by Gasteiger charge is 2.09. The average molecular weight is 266 g/mol. The third-order valence-electron chi connectivity index (χ3n) is 2.29. The first kappa shape index (κ1) is 14.8. The molecule has 6 heteroatoms. The quantitative estimate of drug-likeness (QED) is 0.604. The standard InChI is InChI=1S/C13H18N2O4/c1-15(2)12(16)9-19-13(17)6-7-18-11-5-3-4-10(14)8-11/h3-5,8H,6-7,9,14H2,1-2H3. The van der Waals surface area contributed by atoms with Crippen molar-refractivity contribution in [2.24, 2.45) is 0 Å². The Kier molecular flexibility index (Phi) is 5.66. The Morgan fingerprint density at radius 2 is 2.05 bits per heavy atom. The number of esters is 1. The summed E-state index contributed by atoms with van der Waals surface area (Å²) >= 11 is 0. The van der Waals surface area contributed by atoms with Gasteiger partial charge in [-0.25, -0.2) is 0 Å². The van der Waals surface area contributed by atoms with Crippen molar-refractivity contribution in [2.75, 3.05) is 33.0 Å². The highest BCUT2D eigenvalue weighted by Crippen LogP contribution is 2.14. The summed E-state index contributed by atoms with van der Waals surface area (Å²) in [6.45, 7) is -0.0669. The molecule has 0 spiro atoms. The van der Waals surface area contributed by atoms with E-state index in [1.807, 2.05) is 0 Å². The van der Waals surface area contributed by atoms with Gasteiger partial charge in [0.1, 0.15) is 5.75 Å². The molecule has 104 valence electrons. The number of anilines is 1. The van der Waals surface area contributed by atoms with Gasteiger partial charge in [0.25, 0.3) is 5.91 Å². The summed E-state index contributed by atoms with van der Waals surface area (Å²) in [7, 11) is 3.19. The predicted octanol–water partition coefficient (Wildman–Crippen LogP) is 0.669. The number of benzene rings is 1. The van der Waals surface area contributed by atoms with Crippen molar-refractivity contribution < 1.29 is 19.1 Å². The summed E-state index contributed by atoms with van der Waals surface area (Å²) in [4.78, 5) is 23.9. The number of nitrogens with zero attached hydrogens (tertiary/aromatic N) is 1. The first-order valence-corrected chi connectivity index (χ1v) is 5.83. The molecule has 19 heavy (non-hydrogen) atoms. The highest BCUT2D eigenvalue weighted by molar-refractivity contribution is 5.80. The molecule has 1 amide bonds. The molecule has 0 aliphatic rings. The normalized spacial score (nSPS) is 9.79. The van der Waals surface area contributed by atoms with Crippen molar-refractivity contribution in [1.82, 2.24) is 4.90 Å². The maximum absolute atomic E-state index is 11.3. The molecule has 0 heterocycles. The molecule has 0 aliphatic carbocycles. The van der Waals surface area contributed by atoms with Gasteiger partial charge < -0.3 is 20.1 Å². The fraction of sp³-hybridized carbons (Fsp3) is 0.385. The number of nitrogen functional groups attached to an aromatic ring is 1. The van der Waals surface area contributed by atoms with E-state index < -0.39 is 5.97 Å². The zero-order chi connectivity index (χ0) is 14.3. The summed E-state index contributed by atoms with van der Waals surface area (Å²) in [5.74, 6) is -0.138. The van der Waals surface area contributed by atoms with Gasteiger partial charge in [-0.05, 0) is 12.1 Å². The fourth-order valence-corrected chi connectivity index (χ4v) is 1.20. The smallest absolute Gasteiger partial charge is 0.309 e. The van der Waals surface area contributed by atoms with Crippen molar-refractivity contribution in [1.29, 1.82) is 0 Å². The third-order valence-corrected chi connectivity index (χ3v) is 2.29. The molecule has 2 N–H and O–H groups in total. The van der Waals surface area contributed by atoms with Gasteiger partial charge in [0.2, 0.25) is 0 Å². The van der Waals surface area contributed by atoms with Gasteiger partial charge >= 0.3 is 5.97 Å². The Morgan fingerprint density at radius 1 is 1.32 bits per heavy atom. The van der Waals surface area contributed by atoms with Gasteiger partial charge in [-0.1, -0.05) is 6.07 Å². The van der Waals surface area contributed by atoms with E-state index in [2.05, 4.69) is 0 Å². The zero-order valence-electron chi connectivity index (χ0n) is 11.1. The molecule has 0 atom stereocenters. The lowest BCUT2D eigenvalue weighted by atomic mass is 10.3. The van der Waals surface area contributed by atoms with Crippen LogP contribution in [-0.4, -0.2) is 44.1 Å². The molecule has 0 saturated heterocycles. The van der Waals surface area contributed by atoms with Crippen molar-refractivity contribution in [2.45, 2.75) is 6.42 Å². The summed E-state index contributed by atoms with van der Waals surface area (Å²) in [6, 6.07) is 6.92. The van der Waals surface area contributed by atoms with E-state index in [0.717, 1.165) is 0 Å². The molecule has 1 aromatic carbocycles. The van der Waals surface area contributed by atoms with Crippen molar-refractivity contribution >= 4 is 17.6 Å². The minimum absolute atomic E-state index is 0.0789. The van der Waals surface area contributed by atoms with E-state index >= 15 is 0 Å². The first-order chi connectivity index (χ1) is 8.99. The van der Waals surface area contributed by atoms with E-state index in [0.29, 0.717) is 11.4 Å². The SMILES string of the molecule is CN(C)C(=O)COC(=O)CCOc1cccc(N)c1. The van der Waals surface area contributed by atoms with Crippen LogP contribution in [0.5, 0.6) is 5.75 Å². The lowest BCUT2D eigenvalue weighted by molar-refractivity contribution is -0.151. The van der Waals surface area contributed by atoms with E-state index in [1.54, 1.807) is 38.4 Å². The van der Waals surface area contributed by atoms with Crippen molar-refractivity contribution in [3.05, 3.63) is 24.3 Å². The van der Waals surface area contributed by atoms with Crippen LogP contribution in [0.2, 0.25) is 0 Å². The third kappa shape index (κ3) is 5.76. The van der Waals surface area contributed by atoms with Gasteiger partial charge in [0.05, 0.1) is 13.0 Å². The van der Waals surface area contributed by atoms with Crippen molar-refractivity contribution in [3.8, 4) is 5.75 Å². The predicted molar refractivity (Wildman–Crippen MR) is 70.6 cm³/mol. The molecular formula is C13H18N2O4. The molecule has 0 bridgehead atoms. The maximum Gasteiger partial charge on any atom is 0.309 e. The number of amides is 1. The minimum atomic E-state index is -0.473. The number of rotatable bonds is 6. The Bertz CT molecular complexity index is 446. The lowest BCUT2D eigenvalue weighted by Gasteiger charge is -2.10. The van der Waals surface area contributed by atoms with E-state index in [9.17, 15) is 9.59 Å². The summed E-state index contributed by atoms with van der Waals surface area (Å²) < 4.78 is 10.1. The second-order valence-electron chi connectivity index (χ2n) is 4.12. The van der Waals surface area contributed by atoms with E-state index in [-0.39, 0.29) is 25.5 Å². The largest absolute Gasteiger partial charge is 0.493 e. The number of ether oxygens (including phenoxy) is 2. The summed E-state index contributed by atoms with van der Waals surface area (Å²) in [6.07, 6.45) is 0.0789. The topological polar surface area (TPSA) is 81.9 Å². The van der Waals surface area contributed by atoms with Crippen LogP contribution in [0.3, 0.4) is 0 Å². The zero-order valence-corrected chi connectivity index (χ0v) is 11.1. The number of nitrogens with two attached hydrogens (primary N) is 1. The Labute approximate surface area is 112 Å². The molecule has 0 unspecified atom stereocenters. The Balaban J connectivity index is 2.22. The second-order valence-corrected chi connectivity index (χ2v) is 4.12. The van der Waals surface area contributed by atoms with Crippen LogP contribution in [-0.2, 0) is 14.3 Å². The van der Waals surface area contributed by atoms with Gasteiger partial charge in [-0.2, -0.15) is 0 Å². The van der Waals surface area contributed by atoms with Crippen LogP contribution in [0.15, 0.2) is 24.3 Å². The Morgan fingerprint density at radius 3 is 2.68 bits per heavy atom. The number of carbonyl (C=O) groups is 2. The highest BCUT2D eigenvalue weighted by atomic mass is 16.5. The Hall–Kier alpha value is -2.24. The summed E-state index contributed by atoms with van der Waals surface area (Å²) in [5.41, 5.74) is 6.18. The number of hydrogen-bond acceptors (Lipinski definition) is 5. The van der Waals surface area contributed by atoms with Crippen LogP contribution in [0.4, 0.5) is 5.69 Å². The fourth-order valence-electron chi connectivity index (χ4n) is 1.20.